The van der Waals surface area contributed by atoms with Gasteiger partial charge >= 0.3 is 11.9 Å². The molecule has 8 heteroatoms. The van der Waals surface area contributed by atoms with Crippen molar-refractivity contribution in [2.75, 3.05) is 5.32 Å². The Balaban J connectivity index is 1.62. The smallest absolute Gasteiger partial charge is 0.306 e. The molecule has 0 spiro atoms. The standard InChI is InChI=1S/C22H24N2O6/c1-12(19(25)24-18-7-6-13-4-2-3-5-14(13)11-18)23-20(26)15-8-16(21(27)28)10-17(9-15)22(29)30/h2-7,11-12,15-17H,8-10H2,1H3,(H,23,26)(H,24,25)(H,27,28)(H,29,30)/t12-,15?,16-,17+/m0/s1. The van der Waals surface area contributed by atoms with E-state index in [2.05, 4.69) is 10.6 Å². The van der Waals surface area contributed by atoms with Crippen LogP contribution < -0.4 is 10.6 Å². The van der Waals surface area contributed by atoms with Crippen LogP contribution in [0.1, 0.15) is 26.2 Å². The Morgan fingerprint density at radius 3 is 2.03 bits per heavy atom. The molecule has 2 aromatic carbocycles. The van der Waals surface area contributed by atoms with Gasteiger partial charge in [0.25, 0.3) is 0 Å². The van der Waals surface area contributed by atoms with Crippen molar-refractivity contribution in [2.45, 2.75) is 32.2 Å². The van der Waals surface area contributed by atoms with Crippen LogP contribution >= 0.6 is 0 Å². The predicted molar refractivity (Wildman–Crippen MR) is 110 cm³/mol. The molecule has 0 aromatic heterocycles. The van der Waals surface area contributed by atoms with Crippen LogP contribution in [0, 0.1) is 17.8 Å². The van der Waals surface area contributed by atoms with Crippen molar-refractivity contribution in [3.8, 4) is 0 Å². The summed E-state index contributed by atoms with van der Waals surface area (Å²) >= 11 is 0. The summed E-state index contributed by atoms with van der Waals surface area (Å²) in [7, 11) is 0. The molecule has 0 heterocycles. The number of hydrogen-bond donors (Lipinski definition) is 4. The molecule has 30 heavy (non-hydrogen) atoms. The Morgan fingerprint density at radius 1 is 0.867 bits per heavy atom. The number of anilines is 1. The zero-order valence-electron chi connectivity index (χ0n) is 16.5. The van der Waals surface area contributed by atoms with E-state index >= 15 is 0 Å². The number of amides is 2. The monoisotopic (exact) mass is 412 g/mol. The van der Waals surface area contributed by atoms with Gasteiger partial charge in [0.1, 0.15) is 6.04 Å². The second kappa shape index (κ2) is 8.94. The summed E-state index contributed by atoms with van der Waals surface area (Å²) in [6.45, 7) is 1.53. The molecule has 0 radical (unpaired) electrons. The summed E-state index contributed by atoms with van der Waals surface area (Å²) < 4.78 is 0. The van der Waals surface area contributed by atoms with Crippen molar-refractivity contribution in [3.05, 3.63) is 42.5 Å². The molecule has 1 aliphatic rings. The normalized spacial score (nSPS) is 22.1. The van der Waals surface area contributed by atoms with Crippen LogP contribution in [-0.4, -0.2) is 40.0 Å². The Labute approximate surface area is 173 Å². The summed E-state index contributed by atoms with van der Waals surface area (Å²) in [5.41, 5.74) is 0.592. The second-order valence-electron chi connectivity index (χ2n) is 7.76. The van der Waals surface area contributed by atoms with Gasteiger partial charge in [-0.05, 0) is 49.1 Å². The van der Waals surface area contributed by atoms with E-state index in [-0.39, 0.29) is 19.3 Å². The Kier molecular flexibility index (Phi) is 6.34. The van der Waals surface area contributed by atoms with Crippen molar-refractivity contribution in [2.24, 2.45) is 17.8 Å². The number of fused-ring (bicyclic) bond motifs is 1. The van der Waals surface area contributed by atoms with Crippen LogP contribution in [-0.2, 0) is 19.2 Å². The number of carbonyl (C=O) groups is 4. The van der Waals surface area contributed by atoms with Gasteiger partial charge in [-0.25, -0.2) is 0 Å². The number of carboxylic acid groups (broad SMARTS) is 2. The van der Waals surface area contributed by atoms with Gasteiger partial charge in [-0.15, -0.1) is 0 Å². The first-order valence-corrected chi connectivity index (χ1v) is 9.80. The van der Waals surface area contributed by atoms with Gasteiger partial charge < -0.3 is 20.8 Å². The molecule has 2 aromatic rings. The van der Waals surface area contributed by atoms with Crippen molar-refractivity contribution in [1.82, 2.24) is 5.32 Å². The molecule has 1 unspecified atom stereocenters. The predicted octanol–water partition coefficient (Wildman–Crippen LogP) is 2.48. The topological polar surface area (TPSA) is 133 Å². The third-order valence-electron chi connectivity index (χ3n) is 5.55. The molecule has 0 bridgehead atoms. The molecule has 2 amide bonds. The summed E-state index contributed by atoms with van der Waals surface area (Å²) in [6, 6.07) is 12.3. The summed E-state index contributed by atoms with van der Waals surface area (Å²) in [5, 5.41) is 25.9. The highest BCUT2D eigenvalue weighted by atomic mass is 16.4. The second-order valence-corrected chi connectivity index (χ2v) is 7.76. The van der Waals surface area contributed by atoms with Gasteiger partial charge in [-0.2, -0.15) is 0 Å². The largest absolute Gasteiger partial charge is 0.481 e. The molecular weight excluding hydrogens is 388 g/mol. The van der Waals surface area contributed by atoms with Gasteiger partial charge in [0.15, 0.2) is 0 Å². The number of aliphatic carboxylic acids is 2. The molecule has 1 aliphatic carbocycles. The summed E-state index contributed by atoms with van der Waals surface area (Å²) in [6.07, 6.45) is 0.125. The molecule has 158 valence electrons. The van der Waals surface area contributed by atoms with Crippen LogP contribution in [0.5, 0.6) is 0 Å². The average molecular weight is 412 g/mol. The zero-order valence-corrected chi connectivity index (χ0v) is 16.5. The average Bonchev–Trinajstić information content (AvgIpc) is 2.73. The molecule has 0 aliphatic heterocycles. The number of benzene rings is 2. The van der Waals surface area contributed by atoms with Crippen molar-refractivity contribution in [1.29, 1.82) is 0 Å². The minimum atomic E-state index is -1.11. The highest BCUT2D eigenvalue weighted by Crippen LogP contribution is 2.34. The first kappa shape index (κ1) is 21.3. The summed E-state index contributed by atoms with van der Waals surface area (Å²) in [4.78, 5) is 47.8. The Morgan fingerprint density at radius 2 is 1.43 bits per heavy atom. The van der Waals surface area contributed by atoms with Crippen molar-refractivity contribution in [3.63, 3.8) is 0 Å². The maximum Gasteiger partial charge on any atom is 0.306 e. The van der Waals surface area contributed by atoms with E-state index in [1.807, 2.05) is 36.4 Å². The van der Waals surface area contributed by atoms with Crippen LogP contribution in [0.2, 0.25) is 0 Å². The molecule has 8 nitrogen and oxygen atoms in total. The fourth-order valence-corrected chi connectivity index (χ4v) is 3.85. The molecule has 3 rings (SSSR count). The van der Waals surface area contributed by atoms with Gasteiger partial charge in [0.05, 0.1) is 11.8 Å². The Bertz CT molecular complexity index is 967. The molecule has 4 atom stereocenters. The zero-order chi connectivity index (χ0) is 21.8. The number of rotatable bonds is 6. The number of nitrogens with one attached hydrogen (secondary N) is 2. The first-order chi connectivity index (χ1) is 14.2. The van der Waals surface area contributed by atoms with Crippen molar-refractivity contribution < 1.29 is 29.4 Å². The molecule has 0 saturated heterocycles. The highest BCUT2D eigenvalue weighted by Gasteiger charge is 2.39. The lowest BCUT2D eigenvalue weighted by molar-refractivity contribution is -0.150. The molecular formula is C22H24N2O6. The van der Waals surface area contributed by atoms with E-state index in [0.29, 0.717) is 5.69 Å². The fraction of sp³-hybridized carbons (Fsp3) is 0.364. The van der Waals surface area contributed by atoms with E-state index in [9.17, 15) is 29.4 Å². The Hall–Kier alpha value is -3.42. The minimum Gasteiger partial charge on any atom is -0.481 e. The highest BCUT2D eigenvalue weighted by molar-refractivity contribution is 5.99. The van der Waals surface area contributed by atoms with Gasteiger partial charge in [-0.1, -0.05) is 30.3 Å². The SMILES string of the molecule is C[C@H](NC(=O)C1C[C@@H](C(=O)O)C[C@@H](C(=O)O)C1)C(=O)Nc1ccc2ccccc2c1. The first-order valence-electron chi connectivity index (χ1n) is 9.80. The van der Waals surface area contributed by atoms with E-state index in [0.717, 1.165) is 10.8 Å². The number of carbonyl (C=O) groups excluding carboxylic acids is 2. The van der Waals surface area contributed by atoms with Crippen molar-refractivity contribution >= 4 is 40.2 Å². The molecule has 4 N–H and O–H groups in total. The quantitative estimate of drug-likeness (QED) is 0.576. The van der Waals surface area contributed by atoms with Crippen LogP contribution in [0.4, 0.5) is 5.69 Å². The third-order valence-corrected chi connectivity index (χ3v) is 5.55. The van der Waals surface area contributed by atoms with Crippen LogP contribution in [0.3, 0.4) is 0 Å². The van der Waals surface area contributed by atoms with E-state index < -0.39 is 47.5 Å². The maximum atomic E-state index is 12.6. The van der Waals surface area contributed by atoms with Gasteiger partial charge in [-0.3, -0.25) is 19.2 Å². The van der Waals surface area contributed by atoms with Crippen LogP contribution in [0.15, 0.2) is 42.5 Å². The minimum absolute atomic E-state index is 0.00640. The lowest BCUT2D eigenvalue weighted by Crippen LogP contribution is -2.46. The molecule has 1 fully saturated rings. The lowest BCUT2D eigenvalue weighted by atomic mass is 9.74. The lowest BCUT2D eigenvalue weighted by Gasteiger charge is -2.30. The maximum absolute atomic E-state index is 12.6. The third kappa shape index (κ3) is 4.94. The van der Waals surface area contributed by atoms with E-state index in [1.54, 1.807) is 6.07 Å². The summed E-state index contributed by atoms with van der Waals surface area (Å²) in [5.74, 6) is -5.69. The number of carboxylic acids is 2. The van der Waals surface area contributed by atoms with Gasteiger partial charge in [0, 0.05) is 11.6 Å². The van der Waals surface area contributed by atoms with Crippen LogP contribution in [0.25, 0.3) is 10.8 Å². The number of hydrogen-bond acceptors (Lipinski definition) is 4. The fourth-order valence-electron chi connectivity index (χ4n) is 3.85. The van der Waals surface area contributed by atoms with E-state index in [4.69, 9.17) is 0 Å². The van der Waals surface area contributed by atoms with Gasteiger partial charge in [0.2, 0.25) is 11.8 Å². The van der Waals surface area contributed by atoms with E-state index in [1.165, 1.54) is 6.92 Å². The molecule has 1 saturated carbocycles.